The molecule has 0 amide bonds. The van der Waals surface area contributed by atoms with Crippen LogP contribution in [0, 0.1) is 0 Å². The molecular formula is C26H33Br2N3O5. The monoisotopic (exact) mass is 625 g/mol. The summed E-state index contributed by atoms with van der Waals surface area (Å²) in [6.07, 6.45) is -0.444. The Bertz CT molecular complexity index is 1100. The Labute approximate surface area is 228 Å². The third-order valence-electron chi connectivity index (χ3n) is 6.50. The lowest BCUT2D eigenvalue weighted by molar-refractivity contribution is -0.138. The summed E-state index contributed by atoms with van der Waals surface area (Å²) in [6, 6.07) is 12.6. The molecule has 1 atom stereocenters. The SMILES string of the molecule is O=C(O)CCOCCOCCN1CCN(C[C@@H](O)Cn2c3ccc(Br)cc3c3cc(Br)ccc32)CC1. The lowest BCUT2D eigenvalue weighted by Crippen LogP contribution is -2.49. The van der Waals surface area contributed by atoms with Gasteiger partial charge < -0.3 is 24.3 Å². The molecule has 1 aromatic heterocycles. The summed E-state index contributed by atoms with van der Waals surface area (Å²) in [4.78, 5) is 15.1. The van der Waals surface area contributed by atoms with Crippen molar-refractivity contribution in [2.45, 2.75) is 19.1 Å². The molecule has 0 radical (unpaired) electrons. The number of aliphatic hydroxyl groups excluding tert-OH is 1. The number of hydrogen-bond acceptors (Lipinski definition) is 6. The van der Waals surface area contributed by atoms with E-state index in [9.17, 15) is 9.90 Å². The van der Waals surface area contributed by atoms with Gasteiger partial charge in [-0.3, -0.25) is 14.6 Å². The number of nitrogens with zero attached hydrogens (tertiary/aromatic N) is 3. The maximum absolute atomic E-state index is 11.0. The van der Waals surface area contributed by atoms with Crippen molar-refractivity contribution in [2.75, 3.05) is 65.7 Å². The lowest BCUT2D eigenvalue weighted by Gasteiger charge is -2.35. The predicted octanol–water partition coefficient (Wildman–Crippen LogP) is 3.81. The summed E-state index contributed by atoms with van der Waals surface area (Å²) in [5, 5.41) is 21.9. The topological polar surface area (TPSA) is 87.4 Å². The van der Waals surface area contributed by atoms with Crippen molar-refractivity contribution in [3.05, 3.63) is 45.3 Å². The average molecular weight is 627 g/mol. The number of aromatic nitrogens is 1. The maximum Gasteiger partial charge on any atom is 0.305 e. The number of piperazine rings is 1. The molecule has 36 heavy (non-hydrogen) atoms. The lowest BCUT2D eigenvalue weighted by atomic mass is 10.2. The Balaban J connectivity index is 1.22. The molecule has 0 bridgehead atoms. The normalized spacial score (nSPS) is 16.2. The molecule has 1 saturated heterocycles. The third kappa shape index (κ3) is 7.50. The molecule has 10 heteroatoms. The minimum atomic E-state index is -0.851. The van der Waals surface area contributed by atoms with Crippen molar-refractivity contribution in [3.63, 3.8) is 0 Å². The average Bonchev–Trinajstić information content (AvgIpc) is 3.13. The number of hydrogen-bond donors (Lipinski definition) is 2. The molecule has 8 nitrogen and oxygen atoms in total. The van der Waals surface area contributed by atoms with Crippen LogP contribution in [0.25, 0.3) is 21.8 Å². The van der Waals surface area contributed by atoms with E-state index < -0.39 is 12.1 Å². The van der Waals surface area contributed by atoms with Gasteiger partial charge >= 0.3 is 5.97 Å². The van der Waals surface area contributed by atoms with Crippen LogP contribution >= 0.6 is 31.9 Å². The second kappa shape index (κ2) is 13.3. The molecule has 1 aliphatic heterocycles. The minimum absolute atomic E-state index is 0.0214. The van der Waals surface area contributed by atoms with Gasteiger partial charge in [0.05, 0.1) is 45.5 Å². The Morgan fingerprint density at radius 2 is 1.39 bits per heavy atom. The number of β-amino-alcohol motifs (C(OH)–C–C–N with tert-alkyl or cyclic N) is 1. The smallest absolute Gasteiger partial charge is 0.305 e. The minimum Gasteiger partial charge on any atom is -0.481 e. The van der Waals surface area contributed by atoms with Crippen LogP contribution < -0.4 is 0 Å². The Morgan fingerprint density at radius 1 is 0.833 bits per heavy atom. The van der Waals surface area contributed by atoms with Crippen LogP contribution in [0.4, 0.5) is 0 Å². The van der Waals surface area contributed by atoms with Crippen LogP contribution in [0.3, 0.4) is 0 Å². The van der Waals surface area contributed by atoms with Crippen molar-refractivity contribution < 1.29 is 24.5 Å². The van der Waals surface area contributed by atoms with Gasteiger partial charge in [-0.15, -0.1) is 0 Å². The highest BCUT2D eigenvalue weighted by Gasteiger charge is 2.21. The fourth-order valence-electron chi connectivity index (χ4n) is 4.68. The number of benzene rings is 2. The number of carboxylic acids is 1. The van der Waals surface area contributed by atoms with Crippen molar-refractivity contribution in [1.29, 1.82) is 0 Å². The van der Waals surface area contributed by atoms with Gasteiger partial charge in [-0.1, -0.05) is 31.9 Å². The zero-order valence-electron chi connectivity index (χ0n) is 20.2. The molecule has 3 aromatic rings. The molecule has 0 aliphatic carbocycles. The fraction of sp³-hybridized carbons (Fsp3) is 0.500. The van der Waals surface area contributed by atoms with Gasteiger partial charge in [0.1, 0.15) is 0 Å². The molecule has 2 heterocycles. The van der Waals surface area contributed by atoms with E-state index >= 15 is 0 Å². The molecule has 4 rings (SSSR count). The number of carboxylic acid groups (broad SMARTS) is 1. The molecule has 1 fully saturated rings. The second-order valence-electron chi connectivity index (χ2n) is 9.10. The Kier molecular flexibility index (Phi) is 10.2. The van der Waals surface area contributed by atoms with Crippen LogP contribution in [0.2, 0.25) is 0 Å². The van der Waals surface area contributed by atoms with Gasteiger partial charge in [0.15, 0.2) is 0 Å². The van der Waals surface area contributed by atoms with Crippen LogP contribution in [0.5, 0.6) is 0 Å². The summed E-state index contributed by atoms with van der Waals surface area (Å²) in [7, 11) is 0. The van der Waals surface area contributed by atoms with E-state index in [0.717, 1.165) is 52.7 Å². The summed E-state index contributed by atoms with van der Waals surface area (Å²) in [5.74, 6) is -0.851. The molecule has 0 spiro atoms. The highest BCUT2D eigenvalue weighted by Crippen LogP contribution is 2.33. The molecule has 2 aromatic carbocycles. The molecule has 0 unspecified atom stereocenters. The predicted molar refractivity (Wildman–Crippen MR) is 148 cm³/mol. The van der Waals surface area contributed by atoms with E-state index in [-0.39, 0.29) is 13.0 Å². The Hall–Kier alpha value is -1.53. The number of aliphatic hydroxyl groups is 1. The van der Waals surface area contributed by atoms with Crippen LogP contribution in [0.15, 0.2) is 45.3 Å². The zero-order valence-corrected chi connectivity index (χ0v) is 23.4. The van der Waals surface area contributed by atoms with Gasteiger partial charge in [0.2, 0.25) is 0 Å². The molecule has 0 saturated carbocycles. The summed E-state index contributed by atoms with van der Waals surface area (Å²) >= 11 is 7.18. The molecule has 2 N–H and O–H groups in total. The first-order valence-corrected chi connectivity index (χ1v) is 13.9. The van der Waals surface area contributed by atoms with E-state index in [0.29, 0.717) is 32.9 Å². The van der Waals surface area contributed by atoms with Crippen molar-refractivity contribution in [1.82, 2.24) is 14.4 Å². The van der Waals surface area contributed by atoms with Gasteiger partial charge in [0.25, 0.3) is 0 Å². The first kappa shape index (κ1) is 27.5. The number of fused-ring (bicyclic) bond motifs is 3. The van der Waals surface area contributed by atoms with E-state index in [2.05, 4.69) is 82.6 Å². The first-order chi connectivity index (χ1) is 17.4. The molecule has 196 valence electrons. The highest BCUT2D eigenvalue weighted by molar-refractivity contribution is 9.10. The van der Waals surface area contributed by atoms with E-state index in [1.807, 2.05) is 0 Å². The number of aliphatic carboxylic acids is 1. The van der Waals surface area contributed by atoms with Gasteiger partial charge in [0, 0.05) is 70.0 Å². The number of ether oxygens (including phenoxy) is 2. The van der Waals surface area contributed by atoms with Gasteiger partial charge in [-0.25, -0.2) is 0 Å². The van der Waals surface area contributed by atoms with E-state index in [1.165, 1.54) is 10.8 Å². The number of rotatable bonds is 13. The largest absolute Gasteiger partial charge is 0.481 e. The summed E-state index contributed by atoms with van der Waals surface area (Å²) in [6.45, 7) is 7.53. The maximum atomic E-state index is 11.0. The molecule has 1 aliphatic rings. The highest BCUT2D eigenvalue weighted by atomic mass is 79.9. The standard InChI is InChI=1S/C26H33Br2N3O5/c27-19-1-3-24-22(15-19)23-16-20(28)2-4-25(23)31(24)18-21(32)17-30-8-6-29(7-9-30)10-12-36-14-13-35-11-5-26(33)34/h1-4,15-16,21,32H,5-14,17-18H2,(H,33,34)/t21-/m1/s1. The van der Waals surface area contributed by atoms with Gasteiger partial charge in [-0.05, 0) is 36.4 Å². The van der Waals surface area contributed by atoms with Crippen LogP contribution in [0.1, 0.15) is 6.42 Å². The van der Waals surface area contributed by atoms with Gasteiger partial charge in [-0.2, -0.15) is 0 Å². The fourth-order valence-corrected chi connectivity index (χ4v) is 5.40. The molecular weight excluding hydrogens is 594 g/mol. The number of halogens is 2. The quantitative estimate of drug-likeness (QED) is 0.279. The van der Waals surface area contributed by atoms with Crippen molar-refractivity contribution in [3.8, 4) is 0 Å². The van der Waals surface area contributed by atoms with Crippen molar-refractivity contribution >= 4 is 59.6 Å². The third-order valence-corrected chi connectivity index (χ3v) is 7.49. The van der Waals surface area contributed by atoms with E-state index in [1.54, 1.807) is 0 Å². The first-order valence-electron chi connectivity index (χ1n) is 12.3. The summed E-state index contributed by atoms with van der Waals surface area (Å²) in [5.41, 5.74) is 2.25. The van der Waals surface area contributed by atoms with Crippen LogP contribution in [-0.2, 0) is 20.8 Å². The Morgan fingerprint density at radius 3 is 1.97 bits per heavy atom. The number of carbonyl (C=O) groups is 1. The van der Waals surface area contributed by atoms with Crippen LogP contribution in [-0.4, -0.2) is 102 Å². The van der Waals surface area contributed by atoms with E-state index in [4.69, 9.17) is 14.6 Å². The summed E-state index contributed by atoms with van der Waals surface area (Å²) < 4.78 is 15.1. The zero-order chi connectivity index (χ0) is 25.5. The van der Waals surface area contributed by atoms with Crippen molar-refractivity contribution in [2.24, 2.45) is 0 Å². The second-order valence-corrected chi connectivity index (χ2v) is 10.9.